The van der Waals surface area contributed by atoms with Crippen molar-refractivity contribution in [1.29, 1.82) is 0 Å². The largest absolute Gasteiger partial charge is 0.573 e. The van der Waals surface area contributed by atoms with Crippen LogP contribution in [0, 0.1) is 0 Å². The average Bonchev–Trinajstić information content (AvgIpc) is 2.43. The van der Waals surface area contributed by atoms with Crippen LogP contribution in [0.5, 0.6) is 11.5 Å². The minimum Gasteiger partial charge on any atom is -0.505 e. The number of hydrogen-bond donors (Lipinski definition) is 3. The molecule has 0 bridgehead atoms. The van der Waals surface area contributed by atoms with Gasteiger partial charge in [0, 0.05) is 17.0 Å². The van der Waals surface area contributed by atoms with Gasteiger partial charge in [-0.25, -0.2) is 4.98 Å². The number of carbonyl (C=O) groups is 2. The molecule has 0 saturated carbocycles. The van der Waals surface area contributed by atoms with Crippen LogP contribution >= 0.6 is 0 Å². The lowest BCUT2D eigenvalue weighted by molar-refractivity contribution is -0.274. The number of hydrogen-bond acceptors (Lipinski definition) is 5. The van der Waals surface area contributed by atoms with Crippen molar-refractivity contribution in [2.24, 2.45) is 0 Å². The molecule has 3 N–H and O–H groups in total. The lowest BCUT2D eigenvalue weighted by Crippen LogP contribution is -2.29. The van der Waals surface area contributed by atoms with Gasteiger partial charge in [0.25, 0.3) is 5.91 Å². The molecule has 1 aromatic heterocycles. The van der Waals surface area contributed by atoms with Crippen molar-refractivity contribution >= 4 is 22.6 Å². The Morgan fingerprint density at radius 2 is 2.00 bits per heavy atom. The number of aromatic hydroxyl groups is 1. The molecule has 0 aliphatic carbocycles. The van der Waals surface area contributed by atoms with Crippen molar-refractivity contribution in [2.45, 2.75) is 6.36 Å². The van der Waals surface area contributed by atoms with Crippen LogP contribution in [0.15, 0.2) is 24.4 Å². The van der Waals surface area contributed by atoms with E-state index in [1.165, 1.54) is 0 Å². The first-order valence-electron chi connectivity index (χ1n) is 6.05. The first kappa shape index (κ1) is 16.3. The van der Waals surface area contributed by atoms with Crippen LogP contribution in [-0.4, -0.2) is 40.0 Å². The number of aliphatic carboxylic acids is 1. The highest BCUT2D eigenvalue weighted by molar-refractivity contribution is 6.02. The van der Waals surface area contributed by atoms with Crippen LogP contribution in [0.1, 0.15) is 10.5 Å². The van der Waals surface area contributed by atoms with E-state index in [2.05, 4.69) is 9.72 Å². The fourth-order valence-corrected chi connectivity index (χ4v) is 1.79. The number of fused-ring (bicyclic) bond motifs is 1. The molecule has 0 aliphatic heterocycles. The zero-order valence-corrected chi connectivity index (χ0v) is 11.2. The number of carbonyl (C=O) groups excluding carboxylic acids is 1. The van der Waals surface area contributed by atoms with Gasteiger partial charge in [-0.1, -0.05) is 0 Å². The Morgan fingerprint density at radius 3 is 2.61 bits per heavy atom. The Bertz CT molecular complexity index is 776. The summed E-state index contributed by atoms with van der Waals surface area (Å²) in [7, 11) is 0. The maximum Gasteiger partial charge on any atom is 0.573 e. The molecule has 122 valence electrons. The average molecular weight is 330 g/mol. The quantitative estimate of drug-likeness (QED) is 0.786. The molecule has 1 aromatic carbocycles. The molecule has 23 heavy (non-hydrogen) atoms. The Labute approximate surface area is 126 Å². The molecule has 0 saturated heterocycles. The normalized spacial score (nSPS) is 11.3. The second-order valence-electron chi connectivity index (χ2n) is 4.33. The third kappa shape index (κ3) is 3.99. The van der Waals surface area contributed by atoms with Gasteiger partial charge in [-0.3, -0.25) is 9.59 Å². The summed E-state index contributed by atoms with van der Waals surface area (Å²) >= 11 is 0. The maximum atomic E-state index is 12.2. The molecule has 7 nitrogen and oxygen atoms in total. The van der Waals surface area contributed by atoms with E-state index in [0.29, 0.717) is 0 Å². The molecular formula is C13H9F3N2O5. The number of ether oxygens (including phenoxy) is 1. The standard InChI is InChI=1S/C13H9F3N2O5/c14-13(15,16)23-7-1-2-8-6(3-7)4-17-10(11(8)21)12(22)18-5-9(19)20/h1-4,21H,5H2,(H,18,22)(H,19,20). The van der Waals surface area contributed by atoms with Gasteiger partial charge in [-0.05, 0) is 18.2 Å². The van der Waals surface area contributed by atoms with Gasteiger partial charge in [0.05, 0.1) is 0 Å². The number of rotatable bonds is 4. The molecule has 0 unspecified atom stereocenters. The number of aromatic nitrogens is 1. The number of halogens is 3. The monoisotopic (exact) mass is 330 g/mol. The van der Waals surface area contributed by atoms with Crippen molar-refractivity contribution in [3.8, 4) is 11.5 Å². The van der Waals surface area contributed by atoms with E-state index in [1.54, 1.807) is 0 Å². The fourth-order valence-electron chi connectivity index (χ4n) is 1.79. The van der Waals surface area contributed by atoms with E-state index in [0.717, 1.165) is 24.4 Å². The fraction of sp³-hybridized carbons (Fsp3) is 0.154. The molecular weight excluding hydrogens is 321 g/mol. The molecule has 10 heteroatoms. The molecule has 0 fully saturated rings. The Hall–Kier alpha value is -3.04. The highest BCUT2D eigenvalue weighted by atomic mass is 19.4. The predicted molar refractivity (Wildman–Crippen MR) is 70.1 cm³/mol. The second-order valence-corrected chi connectivity index (χ2v) is 4.33. The first-order chi connectivity index (χ1) is 10.7. The number of nitrogens with zero attached hydrogens (tertiary/aromatic N) is 1. The van der Waals surface area contributed by atoms with Crippen molar-refractivity contribution in [3.05, 3.63) is 30.1 Å². The second kappa shape index (κ2) is 5.99. The zero-order valence-electron chi connectivity index (χ0n) is 11.2. The summed E-state index contributed by atoms with van der Waals surface area (Å²) in [5.74, 6) is -3.30. The Balaban J connectivity index is 2.34. The molecule has 2 rings (SSSR count). The van der Waals surface area contributed by atoms with E-state index >= 15 is 0 Å². The highest BCUT2D eigenvalue weighted by Gasteiger charge is 2.31. The summed E-state index contributed by atoms with van der Waals surface area (Å²) < 4.78 is 40.2. The molecule has 0 aliphatic rings. The van der Waals surface area contributed by atoms with E-state index in [-0.39, 0.29) is 10.8 Å². The van der Waals surface area contributed by atoms with Gasteiger partial charge >= 0.3 is 12.3 Å². The third-order valence-electron chi connectivity index (χ3n) is 2.68. The number of benzene rings is 1. The minimum atomic E-state index is -4.86. The van der Waals surface area contributed by atoms with Crippen LogP contribution in [0.3, 0.4) is 0 Å². The van der Waals surface area contributed by atoms with Crippen molar-refractivity contribution in [2.75, 3.05) is 6.54 Å². The molecule has 0 atom stereocenters. The number of nitrogens with one attached hydrogen (secondary N) is 1. The predicted octanol–water partition coefficient (Wildman–Crippen LogP) is 1.65. The van der Waals surface area contributed by atoms with E-state index < -0.39 is 42.0 Å². The summed E-state index contributed by atoms with van der Waals surface area (Å²) in [4.78, 5) is 25.7. The topological polar surface area (TPSA) is 109 Å². The van der Waals surface area contributed by atoms with Gasteiger partial charge in [-0.15, -0.1) is 13.2 Å². The van der Waals surface area contributed by atoms with Crippen LogP contribution in [-0.2, 0) is 4.79 Å². The first-order valence-corrected chi connectivity index (χ1v) is 6.05. The van der Waals surface area contributed by atoms with E-state index in [9.17, 15) is 27.9 Å². The van der Waals surface area contributed by atoms with Crippen molar-refractivity contribution < 1.29 is 37.7 Å². The number of carboxylic acids is 1. The Kier molecular flexibility index (Phi) is 4.25. The summed E-state index contributed by atoms with van der Waals surface area (Å²) in [6.45, 7) is -0.670. The smallest absolute Gasteiger partial charge is 0.505 e. The summed E-state index contributed by atoms with van der Waals surface area (Å²) in [6, 6.07) is 3.09. The van der Waals surface area contributed by atoms with Crippen LogP contribution < -0.4 is 10.1 Å². The van der Waals surface area contributed by atoms with E-state index in [1.807, 2.05) is 5.32 Å². The molecule has 1 heterocycles. The van der Waals surface area contributed by atoms with Gasteiger partial charge in [-0.2, -0.15) is 0 Å². The SMILES string of the molecule is O=C(O)CNC(=O)c1ncc2cc(OC(F)(F)F)ccc2c1O. The van der Waals surface area contributed by atoms with Crippen molar-refractivity contribution in [1.82, 2.24) is 10.3 Å². The summed E-state index contributed by atoms with van der Waals surface area (Å²) in [6.07, 6.45) is -3.80. The van der Waals surface area contributed by atoms with Crippen LogP contribution in [0.2, 0.25) is 0 Å². The molecule has 0 spiro atoms. The summed E-state index contributed by atoms with van der Waals surface area (Å²) in [5.41, 5.74) is -0.441. The van der Waals surface area contributed by atoms with Crippen LogP contribution in [0.25, 0.3) is 10.8 Å². The molecule has 0 radical (unpaired) electrons. The van der Waals surface area contributed by atoms with Crippen LogP contribution in [0.4, 0.5) is 13.2 Å². The highest BCUT2D eigenvalue weighted by Crippen LogP contribution is 2.31. The van der Waals surface area contributed by atoms with Crippen molar-refractivity contribution in [3.63, 3.8) is 0 Å². The minimum absolute atomic E-state index is 0.0648. The number of amides is 1. The zero-order chi connectivity index (χ0) is 17.2. The Morgan fingerprint density at radius 1 is 1.30 bits per heavy atom. The number of pyridine rings is 1. The van der Waals surface area contributed by atoms with Gasteiger partial charge in [0.2, 0.25) is 0 Å². The molecule has 1 amide bonds. The number of carboxylic acid groups (broad SMARTS) is 1. The van der Waals surface area contributed by atoms with E-state index in [4.69, 9.17) is 5.11 Å². The number of alkyl halides is 3. The van der Waals surface area contributed by atoms with Gasteiger partial charge in [0.1, 0.15) is 12.3 Å². The lowest BCUT2D eigenvalue weighted by atomic mass is 10.1. The van der Waals surface area contributed by atoms with Gasteiger partial charge < -0.3 is 20.3 Å². The summed E-state index contributed by atoms with van der Waals surface area (Å²) in [5, 5.41) is 20.6. The van der Waals surface area contributed by atoms with Gasteiger partial charge in [0.15, 0.2) is 11.4 Å². The maximum absolute atomic E-state index is 12.2. The lowest BCUT2D eigenvalue weighted by Gasteiger charge is -2.11. The third-order valence-corrected chi connectivity index (χ3v) is 2.68. The molecule has 2 aromatic rings.